The van der Waals surface area contributed by atoms with Gasteiger partial charge in [-0.25, -0.2) is 13.2 Å². The predicted molar refractivity (Wildman–Crippen MR) is 97.2 cm³/mol. The van der Waals surface area contributed by atoms with Crippen molar-refractivity contribution in [3.05, 3.63) is 29.8 Å². The van der Waals surface area contributed by atoms with Gasteiger partial charge in [0.15, 0.2) is 6.61 Å². The molecule has 1 heterocycles. The minimum atomic E-state index is -3.51. The van der Waals surface area contributed by atoms with Gasteiger partial charge in [-0.2, -0.15) is 4.31 Å². The molecule has 0 spiro atoms. The highest BCUT2D eigenvalue weighted by molar-refractivity contribution is 7.89. The fourth-order valence-electron chi connectivity index (χ4n) is 2.52. The lowest BCUT2D eigenvalue weighted by molar-refractivity contribution is -0.125. The van der Waals surface area contributed by atoms with Crippen LogP contribution in [0.25, 0.3) is 0 Å². The van der Waals surface area contributed by atoms with Crippen molar-refractivity contribution in [2.45, 2.75) is 44.6 Å². The first-order chi connectivity index (χ1) is 12.2. The first-order valence-electron chi connectivity index (χ1n) is 8.78. The van der Waals surface area contributed by atoms with Crippen LogP contribution in [0.2, 0.25) is 0 Å². The van der Waals surface area contributed by atoms with Crippen LogP contribution in [0, 0.1) is 5.92 Å². The summed E-state index contributed by atoms with van der Waals surface area (Å²) in [5.41, 5.74) is 0.204. The first-order valence-corrected chi connectivity index (χ1v) is 10.2. The van der Waals surface area contributed by atoms with Gasteiger partial charge < -0.3 is 10.1 Å². The summed E-state index contributed by atoms with van der Waals surface area (Å²) < 4.78 is 31.3. The number of hydrogen-bond acceptors (Lipinski definition) is 5. The van der Waals surface area contributed by atoms with Gasteiger partial charge in [0.25, 0.3) is 5.91 Å². The van der Waals surface area contributed by atoms with Gasteiger partial charge in [-0.15, -0.1) is 0 Å². The Morgan fingerprint density at radius 2 is 1.69 bits per heavy atom. The molecular formula is C18H26N2O5S. The largest absolute Gasteiger partial charge is 0.452 e. The van der Waals surface area contributed by atoms with E-state index in [9.17, 15) is 18.0 Å². The third-order valence-corrected chi connectivity index (χ3v) is 6.43. The topological polar surface area (TPSA) is 92.8 Å². The van der Waals surface area contributed by atoms with Crippen LogP contribution in [0.3, 0.4) is 0 Å². The standard InChI is InChI=1S/C18H26N2O5S/c1-13(2)14(3)19-17(21)12-25-18(22)15-6-8-16(9-7-15)26(23,24)20-10-4-5-11-20/h6-9,13-14H,4-5,10-12H2,1-3H3,(H,19,21)/t14-/m0/s1. The highest BCUT2D eigenvalue weighted by Gasteiger charge is 2.27. The molecule has 1 aliphatic heterocycles. The molecule has 2 rings (SSSR count). The number of hydrogen-bond donors (Lipinski definition) is 1. The minimum Gasteiger partial charge on any atom is -0.452 e. The molecule has 0 radical (unpaired) electrons. The number of nitrogens with one attached hydrogen (secondary N) is 1. The van der Waals surface area contributed by atoms with Crippen molar-refractivity contribution in [3.63, 3.8) is 0 Å². The highest BCUT2D eigenvalue weighted by Crippen LogP contribution is 2.21. The Kier molecular flexibility index (Phi) is 6.77. The van der Waals surface area contributed by atoms with Crippen LogP contribution < -0.4 is 5.32 Å². The molecule has 1 aliphatic rings. The van der Waals surface area contributed by atoms with Crippen molar-refractivity contribution >= 4 is 21.9 Å². The average molecular weight is 382 g/mol. The van der Waals surface area contributed by atoms with Crippen LogP contribution in [0.15, 0.2) is 29.2 Å². The number of carbonyl (C=O) groups excluding carboxylic acids is 2. The van der Waals surface area contributed by atoms with E-state index in [4.69, 9.17) is 4.74 Å². The summed E-state index contributed by atoms with van der Waals surface area (Å²) in [6, 6.07) is 5.58. The number of carbonyl (C=O) groups is 2. The van der Waals surface area contributed by atoms with E-state index in [0.29, 0.717) is 13.1 Å². The summed E-state index contributed by atoms with van der Waals surface area (Å²) in [6.45, 7) is 6.52. The Balaban J connectivity index is 1.93. The minimum absolute atomic E-state index is 0.0173. The zero-order valence-corrected chi connectivity index (χ0v) is 16.2. The van der Waals surface area contributed by atoms with E-state index in [1.807, 2.05) is 20.8 Å². The average Bonchev–Trinajstić information content (AvgIpc) is 3.15. The van der Waals surface area contributed by atoms with Gasteiger partial charge >= 0.3 is 5.97 Å². The summed E-state index contributed by atoms with van der Waals surface area (Å²) >= 11 is 0. The molecule has 8 heteroatoms. The maximum atomic E-state index is 12.4. The van der Waals surface area contributed by atoms with Gasteiger partial charge in [-0.3, -0.25) is 4.79 Å². The van der Waals surface area contributed by atoms with Crippen molar-refractivity contribution in [1.29, 1.82) is 0 Å². The second-order valence-electron chi connectivity index (χ2n) is 6.81. The number of rotatable bonds is 7. The van der Waals surface area contributed by atoms with E-state index in [-0.39, 0.29) is 34.9 Å². The second-order valence-corrected chi connectivity index (χ2v) is 8.75. The maximum absolute atomic E-state index is 12.4. The number of nitrogens with zero attached hydrogens (tertiary/aromatic N) is 1. The molecule has 1 saturated heterocycles. The van der Waals surface area contributed by atoms with Crippen molar-refractivity contribution in [1.82, 2.24) is 9.62 Å². The fraction of sp³-hybridized carbons (Fsp3) is 0.556. The molecule has 1 atom stereocenters. The lowest BCUT2D eigenvalue weighted by atomic mass is 10.1. The number of benzene rings is 1. The zero-order chi connectivity index (χ0) is 19.3. The lowest BCUT2D eigenvalue weighted by Gasteiger charge is -2.17. The van der Waals surface area contributed by atoms with Gasteiger partial charge in [0, 0.05) is 19.1 Å². The van der Waals surface area contributed by atoms with E-state index in [1.165, 1.54) is 28.6 Å². The van der Waals surface area contributed by atoms with E-state index >= 15 is 0 Å². The van der Waals surface area contributed by atoms with Crippen LogP contribution in [-0.2, 0) is 19.6 Å². The van der Waals surface area contributed by atoms with Crippen LogP contribution >= 0.6 is 0 Å². The Labute approximate surface area is 154 Å². The molecule has 0 unspecified atom stereocenters. The summed E-state index contributed by atoms with van der Waals surface area (Å²) in [7, 11) is -3.51. The number of sulfonamides is 1. The highest BCUT2D eigenvalue weighted by atomic mass is 32.2. The van der Waals surface area contributed by atoms with Crippen molar-refractivity contribution in [3.8, 4) is 0 Å². The van der Waals surface area contributed by atoms with Crippen LogP contribution in [0.4, 0.5) is 0 Å². The van der Waals surface area contributed by atoms with Gasteiger partial charge in [-0.1, -0.05) is 13.8 Å². The normalized spacial score (nSPS) is 16.5. The van der Waals surface area contributed by atoms with E-state index in [1.54, 1.807) is 0 Å². The smallest absolute Gasteiger partial charge is 0.338 e. The van der Waals surface area contributed by atoms with E-state index in [0.717, 1.165) is 12.8 Å². The molecule has 1 aromatic rings. The third-order valence-electron chi connectivity index (χ3n) is 4.52. The predicted octanol–water partition coefficient (Wildman–Crippen LogP) is 1.79. The lowest BCUT2D eigenvalue weighted by Crippen LogP contribution is -2.38. The molecule has 0 aromatic heterocycles. The molecule has 144 valence electrons. The van der Waals surface area contributed by atoms with Crippen molar-refractivity contribution in [2.24, 2.45) is 5.92 Å². The molecule has 1 amide bonds. The van der Waals surface area contributed by atoms with Crippen LogP contribution in [0.5, 0.6) is 0 Å². The van der Waals surface area contributed by atoms with Gasteiger partial charge in [0.2, 0.25) is 10.0 Å². The third kappa shape index (κ3) is 5.04. The summed E-state index contributed by atoms with van der Waals surface area (Å²) in [5.74, 6) is -0.755. The molecule has 26 heavy (non-hydrogen) atoms. The monoisotopic (exact) mass is 382 g/mol. The van der Waals surface area contributed by atoms with Gasteiger partial charge in [0.1, 0.15) is 0 Å². The Morgan fingerprint density at radius 1 is 1.12 bits per heavy atom. The summed E-state index contributed by atoms with van der Waals surface area (Å²) in [4.78, 5) is 23.9. The molecule has 0 bridgehead atoms. The Morgan fingerprint density at radius 3 is 2.23 bits per heavy atom. The fourth-order valence-corrected chi connectivity index (χ4v) is 4.03. The van der Waals surface area contributed by atoms with E-state index in [2.05, 4.69) is 5.32 Å². The molecule has 1 fully saturated rings. The van der Waals surface area contributed by atoms with Gasteiger partial charge in [-0.05, 0) is 49.9 Å². The molecule has 7 nitrogen and oxygen atoms in total. The number of ether oxygens (including phenoxy) is 1. The molecule has 1 aromatic carbocycles. The molecule has 0 aliphatic carbocycles. The SMILES string of the molecule is CC(C)[C@H](C)NC(=O)COC(=O)c1ccc(S(=O)(=O)N2CCCC2)cc1. The maximum Gasteiger partial charge on any atom is 0.338 e. The quantitative estimate of drug-likeness (QED) is 0.726. The van der Waals surface area contributed by atoms with Crippen molar-refractivity contribution in [2.75, 3.05) is 19.7 Å². The molecular weight excluding hydrogens is 356 g/mol. The van der Waals surface area contributed by atoms with Crippen LogP contribution in [0.1, 0.15) is 44.0 Å². The Bertz CT molecular complexity index is 737. The zero-order valence-electron chi connectivity index (χ0n) is 15.4. The molecule has 0 saturated carbocycles. The van der Waals surface area contributed by atoms with Crippen molar-refractivity contribution < 1.29 is 22.7 Å². The second kappa shape index (κ2) is 8.64. The number of esters is 1. The number of amides is 1. The summed E-state index contributed by atoms with van der Waals surface area (Å²) in [6.07, 6.45) is 1.72. The first kappa shape index (κ1) is 20.4. The van der Waals surface area contributed by atoms with Crippen LogP contribution in [-0.4, -0.2) is 50.3 Å². The van der Waals surface area contributed by atoms with Gasteiger partial charge in [0.05, 0.1) is 10.5 Å². The van der Waals surface area contributed by atoms with E-state index < -0.39 is 16.0 Å². The Hall–Kier alpha value is -1.93. The summed E-state index contributed by atoms with van der Waals surface area (Å²) in [5, 5.41) is 2.75. The molecule has 1 N–H and O–H groups in total.